The van der Waals surface area contributed by atoms with Gasteiger partial charge in [0.15, 0.2) is 0 Å². The van der Waals surface area contributed by atoms with Crippen LogP contribution in [0, 0.1) is 11.2 Å². The van der Waals surface area contributed by atoms with Crippen LogP contribution < -0.4 is 10.7 Å². The molecule has 2 N–H and O–H groups in total. The van der Waals surface area contributed by atoms with E-state index in [2.05, 4.69) is 10.3 Å². The van der Waals surface area contributed by atoms with E-state index in [1.807, 2.05) is 32.8 Å². The van der Waals surface area contributed by atoms with Gasteiger partial charge in [-0.3, -0.25) is 9.59 Å². The number of carbonyl (C=O) groups excluding carboxylic acids is 1. The van der Waals surface area contributed by atoms with Crippen LogP contribution in [0.5, 0.6) is 0 Å². The number of aromatic nitrogens is 1. The SMILES string of the molecule is CN(C)CC(C)(C)CNC(=O)c1c[nH]c2ccc(F)cc2c1=O. The average molecular weight is 319 g/mol. The van der Waals surface area contributed by atoms with Gasteiger partial charge in [-0.2, -0.15) is 0 Å². The highest BCUT2D eigenvalue weighted by Crippen LogP contribution is 2.15. The van der Waals surface area contributed by atoms with Crippen LogP contribution >= 0.6 is 0 Å². The molecule has 124 valence electrons. The van der Waals surface area contributed by atoms with E-state index in [4.69, 9.17) is 0 Å². The molecular formula is C17H22FN3O2. The number of benzene rings is 1. The fourth-order valence-corrected chi connectivity index (χ4v) is 2.69. The smallest absolute Gasteiger partial charge is 0.256 e. The Balaban J connectivity index is 2.22. The molecule has 5 nitrogen and oxygen atoms in total. The summed E-state index contributed by atoms with van der Waals surface area (Å²) >= 11 is 0. The first kappa shape index (κ1) is 17.1. The highest BCUT2D eigenvalue weighted by atomic mass is 19.1. The van der Waals surface area contributed by atoms with Crippen molar-refractivity contribution < 1.29 is 9.18 Å². The fraction of sp³-hybridized carbons (Fsp3) is 0.412. The maximum absolute atomic E-state index is 13.3. The van der Waals surface area contributed by atoms with E-state index < -0.39 is 17.2 Å². The zero-order valence-electron chi connectivity index (χ0n) is 13.9. The Hall–Kier alpha value is -2.21. The highest BCUT2D eigenvalue weighted by molar-refractivity contribution is 5.97. The van der Waals surface area contributed by atoms with E-state index in [0.29, 0.717) is 12.1 Å². The minimum atomic E-state index is -0.507. The van der Waals surface area contributed by atoms with Gasteiger partial charge in [0.05, 0.1) is 0 Å². The molecule has 0 spiro atoms. The molecule has 23 heavy (non-hydrogen) atoms. The quantitative estimate of drug-likeness (QED) is 0.886. The first-order chi connectivity index (χ1) is 10.7. The summed E-state index contributed by atoms with van der Waals surface area (Å²) in [5.74, 6) is -0.961. The largest absolute Gasteiger partial charge is 0.360 e. The molecule has 1 heterocycles. The van der Waals surface area contributed by atoms with Crippen LogP contribution in [-0.4, -0.2) is 43.0 Å². The van der Waals surface area contributed by atoms with Crippen LogP contribution in [0.3, 0.4) is 0 Å². The Kier molecular flexibility index (Phi) is 4.85. The molecule has 1 aromatic heterocycles. The first-order valence-electron chi connectivity index (χ1n) is 7.43. The third-order valence-electron chi connectivity index (χ3n) is 3.56. The van der Waals surface area contributed by atoms with Crippen LogP contribution in [0.1, 0.15) is 24.2 Å². The predicted octanol–water partition coefficient (Wildman–Crippen LogP) is 1.98. The number of rotatable bonds is 5. The number of halogens is 1. The zero-order chi connectivity index (χ0) is 17.2. The molecule has 0 bridgehead atoms. The Bertz CT molecular complexity index is 781. The van der Waals surface area contributed by atoms with Crippen LogP contribution in [0.4, 0.5) is 4.39 Å². The molecule has 0 saturated heterocycles. The van der Waals surface area contributed by atoms with Crippen molar-refractivity contribution in [1.29, 1.82) is 0 Å². The van der Waals surface area contributed by atoms with Crippen molar-refractivity contribution in [3.05, 3.63) is 46.0 Å². The molecule has 0 aliphatic rings. The second-order valence-corrected chi connectivity index (χ2v) is 6.81. The third-order valence-corrected chi connectivity index (χ3v) is 3.56. The predicted molar refractivity (Wildman–Crippen MR) is 89.2 cm³/mol. The molecule has 2 rings (SSSR count). The van der Waals surface area contributed by atoms with Gasteiger partial charge in [-0.1, -0.05) is 13.8 Å². The van der Waals surface area contributed by atoms with E-state index in [1.54, 1.807) is 0 Å². The summed E-state index contributed by atoms with van der Waals surface area (Å²) in [4.78, 5) is 29.6. The maximum atomic E-state index is 13.3. The van der Waals surface area contributed by atoms with Crippen molar-refractivity contribution in [2.45, 2.75) is 13.8 Å². The van der Waals surface area contributed by atoms with Gasteiger partial charge in [-0.15, -0.1) is 0 Å². The summed E-state index contributed by atoms with van der Waals surface area (Å²) in [6, 6.07) is 3.89. The van der Waals surface area contributed by atoms with E-state index in [-0.39, 0.29) is 16.4 Å². The van der Waals surface area contributed by atoms with Crippen LogP contribution in [0.15, 0.2) is 29.2 Å². The van der Waals surface area contributed by atoms with Crippen molar-refractivity contribution in [3.63, 3.8) is 0 Å². The Morgan fingerprint density at radius 3 is 2.70 bits per heavy atom. The minimum absolute atomic E-state index is 0.0104. The van der Waals surface area contributed by atoms with Gasteiger partial charge in [0.2, 0.25) is 5.43 Å². The summed E-state index contributed by atoms with van der Waals surface area (Å²) in [5.41, 5.74) is -0.111. The lowest BCUT2D eigenvalue weighted by Crippen LogP contribution is -2.41. The lowest BCUT2D eigenvalue weighted by atomic mass is 9.93. The Morgan fingerprint density at radius 1 is 1.35 bits per heavy atom. The van der Waals surface area contributed by atoms with E-state index in [1.165, 1.54) is 18.3 Å². The van der Waals surface area contributed by atoms with Gasteiger partial charge in [0.1, 0.15) is 11.4 Å². The summed E-state index contributed by atoms with van der Waals surface area (Å²) in [6.07, 6.45) is 1.37. The standard InChI is InChI=1S/C17H22FN3O2/c1-17(2,10-21(3)4)9-20-16(23)13-8-19-14-6-5-11(18)7-12(14)15(13)22/h5-8H,9-10H2,1-4H3,(H,19,22)(H,20,23). The van der Waals surface area contributed by atoms with Crippen LogP contribution in [0.2, 0.25) is 0 Å². The van der Waals surface area contributed by atoms with Crippen LogP contribution in [-0.2, 0) is 0 Å². The number of fused-ring (bicyclic) bond motifs is 1. The number of hydrogen-bond donors (Lipinski definition) is 2. The maximum Gasteiger partial charge on any atom is 0.256 e. The molecule has 0 unspecified atom stereocenters. The van der Waals surface area contributed by atoms with Gasteiger partial charge < -0.3 is 15.2 Å². The third kappa shape index (κ3) is 4.16. The van der Waals surface area contributed by atoms with Crippen molar-refractivity contribution in [2.24, 2.45) is 5.41 Å². The van der Waals surface area contributed by atoms with E-state index in [0.717, 1.165) is 12.6 Å². The summed E-state index contributed by atoms with van der Waals surface area (Å²) < 4.78 is 13.3. The summed E-state index contributed by atoms with van der Waals surface area (Å²) in [6.45, 7) is 5.30. The number of nitrogens with one attached hydrogen (secondary N) is 2. The van der Waals surface area contributed by atoms with Gasteiger partial charge in [-0.05, 0) is 37.7 Å². The number of aromatic amines is 1. The molecule has 0 saturated carbocycles. The van der Waals surface area contributed by atoms with Crippen molar-refractivity contribution in [1.82, 2.24) is 15.2 Å². The number of carbonyl (C=O) groups is 1. The molecule has 6 heteroatoms. The molecule has 0 fully saturated rings. The molecule has 1 aromatic carbocycles. The number of nitrogens with zero attached hydrogens (tertiary/aromatic N) is 1. The Morgan fingerprint density at radius 2 is 2.04 bits per heavy atom. The van der Waals surface area contributed by atoms with Crippen molar-refractivity contribution >= 4 is 16.8 Å². The second kappa shape index (κ2) is 6.50. The number of hydrogen-bond acceptors (Lipinski definition) is 3. The topological polar surface area (TPSA) is 65.2 Å². The molecule has 0 aliphatic carbocycles. The number of H-pyrrole nitrogens is 1. The summed E-state index contributed by atoms with van der Waals surface area (Å²) in [5, 5.41) is 2.96. The zero-order valence-corrected chi connectivity index (χ0v) is 13.9. The van der Waals surface area contributed by atoms with Gasteiger partial charge >= 0.3 is 0 Å². The summed E-state index contributed by atoms with van der Waals surface area (Å²) in [7, 11) is 3.93. The van der Waals surface area contributed by atoms with Crippen molar-refractivity contribution in [2.75, 3.05) is 27.2 Å². The highest BCUT2D eigenvalue weighted by Gasteiger charge is 2.21. The Labute approximate surface area is 134 Å². The van der Waals surface area contributed by atoms with Gasteiger partial charge in [-0.25, -0.2) is 4.39 Å². The lowest BCUT2D eigenvalue weighted by Gasteiger charge is -2.28. The van der Waals surface area contributed by atoms with E-state index >= 15 is 0 Å². The average Bonchev–Trinajstić information content (AvgIpc) is 2.44. The second-order valence-electron chi connectivity index (χ2n) is 6.81. The fourth-order valence-electron chi connectivity index (χ4n) is 2.69. The minimum Gasteiger partial charge on any atom is -0.360 e. The molecule has 0 radical (unpaired) electrons. The van der Waals surface area contributed by atoms with Crippen LogP contribution in [0.25, 0.3) is 10.9 Å². The van der Waals surface area contributed by atoms with Gasteiger partial charge in [0, 0.05) is 30.2 Å². The first-order valence-corrected chi connectivity index (χ1v) is 7.43. The molecule has 2 aromatic rings. The molecule has 0 aliphatic heterocycles. The van der Waals surface area contributed by atoms with Crippen molar-refractivity contribution in [3.8, 4) is 0 Å². The number of amides is 1. The number of pyridine rings is 1. The molecule has 0 atom stereocenters. The molecular weight excluding hydrogens is 297 g/mol. The molecule has 1 amide bonds. The van der Waals surface area contributed by atoms with E-state index in [9.17, 15) is 14.0 Å². The monoisotopic (exact) mass is 319 g/mol. The normalized spacial score (nSPS) is 11.9. The van der Waals surface area contributed by atoms with Gasteiger partial charge in [0.25, 0.3) is 5.91 Å². The lowest BCUT2D eigenvalue weighted by molar-refractivity contribution is 0.0928.